The fourth-order valence-electron chi connectivity index (χ4n) is 6.38. The number of halogens is 6. The van der Waals surface area contributed by atoms with Gasteiger partial charge in [-0.05, 0) is 126 Å². The van der Waals surface area contributed by atoms with Crippen LogP contribution in [0.4, 0.5) is 26.3 Å². The molecule has 0 aromatic heterocycles. The summed E-state index contributed by atoms with van der Waals surface area (Å²) in [6.45, 7) is 0. The second kappa shape index (κ2) is 13.0. The lowest BCUT2D eigenvalue weighted by molar-refractivity contribution is -0.138. The third kappa shape index (κ3) is 7.61. The fraction of sp³-hybridized carbons (Fsp3) is 0.278. The Morgan fingerprint density at radius 3 is 1.52 bits per heavy atom. The van der Waals surface area contributed by atoms with Gasteiger partial charge in [-0.1, -0.05) is 42.5 Å². The zero-order valence-corrected chi connectivity index (χ0v) is 24.5. The van der Waals surface area contributed by atoms with E-state index in [1.54, 1.807) is 36.4 Å². The summed E-state index contributed by atoms with van der Waals surface area (Å²) in [5, 5.41) is 18.0. The second-order valence-corrected chi connectivity index (χ2v) is 11.7. The van der Waals surface area contributed by atoms with Gasteiger partial charge in [-0.2, -0.15) is 26.3 Å². The van der Waals surface area contributed by atoms with Crippen molar-refractivity contribution in [1.29, 1.82) is 0 Å². The van der Waals surface area contributed by atoms with Crippen LogP contribution in [0.15, 0.2) is 84.9 Å². The van der Waals surface area contributed by atoms with E-state index in [9.17, 15) is 35.9 Å². The van der Waals surface area contributed by atoms with Gasteiger partial charge in [0, 0.05) is 0 Å². The van der Waals surface area contributed by atoms with Crippen molar-refractivity contribution >= 4 is 11.9 Å². The first kappa shape index (κ1) is 32.8. The van der Waals surface area contributed by atoms with Crippen LogP contribution in [0, 0.1) is 0 Å². The Labute approximate surface area is 261 Å². The van der Waals surface area contributed by atoms with E-state index >= 15 is 0 Å². The number of rotatable bonds is 6. The maximum atomic E-state index is 12.8. The summed E-state index contributed by atoms with van der Waals surface area (Å²) >= 11 is 0. The lowest BCUT2D eigenvalue weighted by Gasteiger charge is -2.14. The number of alkyl halides is 6. The Morgan fingerprint density at radius 1 is 0.587 bits per heavy atom. The molecular weight excluding hydrogens is 610 g/mol. The van der Waals surface area contributed by atoms with Gasteiger partial charge in [0.05, 0.1) is 22.3 Å². The van der Waals surface area contributed by atoms with Crippen molar-refractivity contribution in [1.82, 2.24) is 0 Å². The minimum absolute atomic E-state index is 0.135. The van der Waals surface area contributed by atoms with Crippen molar-refractivity contribution in [3.8, 4) is 0 Å². The van der Waals surface area contributed by atoms with Crippen LogP contribution >= 0.6 is 0 Å². The van der Waals surface area contributed by atoms with E-state index in [0.29, 0.717) is 18.4 Å². The van der Waals surface area contributed by atoms with Crippen LogP contribution in [0.25, 0.3) is 0 Å². The predicted molar refractivity (Wildman–Crippen MR) is 159 cm³/mol. The molecule has 2 N–H and O–H groups in total. The Morgan fingerprint density at radius 2 is 1.07 bits per heavy atom. The van der Waals surface area contributed by atoms with Gasteiger partial charge >= 0.3 is 24.3 Å². The van der Waals surface area contributed by atoms with Gasteiger partial charge in [0.1, 0.15) is 0 Å². The molecule has 10 heteroatoms. The van der Waals surface area contributed by atoms with Crippen molar-refractivity contribution in [2.24, 2.45) is 0 Å². The molecule has 4 aromatic carbocycles. The molecule has 0 spiro atoms. The molecule has 4 nitrogen and oxygen atoms in total. The summed E-state index contributed by atoms with van der Waals surface area (Å²) in [5.74, 6) is -1.55. The first-order valence-electron chi connectivity index (χ1n) is 14.7. The van der Waals surface area contributed by atoms with E-state index in [0.717, 1.165) is 71.7 Å². The predicted octanol–water partition coefficient (Wildman–Crippen LogP) is 9.35. The molecule has 6 rings (SSSR count). The first-order chi connectivity index (χ1) is 21.7. The highest BCUT2D eigenvalue weighted by atomic mass is 19.4. The number of aromatic carboxylic acids is 2. The molecule has 2 atom stereocenters. The maximum absolute atomic E-state index is 12.8. The van der Waals surface area contributed by atoms with Crippen molar-refractivity contribution in [3.63, 3.8) is 0 Å². The zero-order chi connectivity index (χ0) is 33.2. The third-order valence-corrected chi connectivity index (χ3v) is 8.68. The minimum Gasteiger partial charge on any atom is -0.478 e. The van der Waals surface area contributed by atoms with Gasteiger partial charge in [0.2, 0.25) is 0 Å². The lowest BCUT2D eigenvalue weighted by atomic mass is 9.92. The Bertz CT molecular complexity index is 1740. The normalized spacial score (nSPS) is 17.1. The van der Waals surface area contributed by atoms with E-state index < -0.39 is 35.4 Å². The van der Waals surface area contributed by atoms with Crippen LogP contribution < -0.4 is 0 Å². The molecule has 0 saturated heterocycles. The highest BCUT2D eigenvalue weighted by Crippen LogP contribution is 2.38. The summed E-state index contributed by atoms with van der Waals surface area (Å²) in [4.78, 5) is 22.0. The molecule has 2 aliphatic carbocycles. The smallest absolute Gasteiger partial charge is 0.416 e. The lowest BCUT2D eigenvalue weighted by Crippen LogP contribution is -2.06. The minimum atomic E-state index is -4.33. The number of carbonyl (C=O) groups is 2. The summed E-state index contributed by atoms with van der Waals surface area (Å²) < 4.78 is 76.1. The number of carboxylic acids is 2. The topological polar surface area (TPSA) is 74.6 Å². The van der Waals surface area contributed by atoms with Crippen LogP contribution in [-0.4, -0.2) is 22.2 Å². The first-order valence-corrected chi connectivity index (χ1v) is 14.7. The van der Waals surface area contributed by atoms with Crippen LogP contribution in [0.5, 0.6) is 0 Å². The maximum Gasteiger partial charge on any atom is 0.416 e. The number of fused-ring (bicyclic) bond motifs is 2. The van der Waals surface area contributed by atoms with Crippen LogP contribution in [0.1, 0.15) is 89.9 Å². The molecule has 2 unspecified atom stereocenters. The van der Waals surface area contributed by atoms with Gasteiger partial charge in [-0.25, -0.2) is 9.59 Å². The van der Waals surface area contributed by atoms with Gasteiger partial charge in [-0.3, -0.25) is 0 Å². The average Bonchev–Trinajstić information content (AvgIpc) is 3.60. The number of carboxylic acid groups (broad SMARTS) is 2. The van der Waals surface area contributed by atoms with Gasteiger partial charge in [0.15, 0.2) is 0 Å². The number of benzene rings is 4. The standard InChI is InChI=1S/2C18H15F3O2/c19-18(20,21)15-6-1-11(2-7-15)9-12-3-4-13-10-14(17(22)23)5-8-16(12)13;19-18(20,21)15-3-1-2-11(9-15)8-12-4-5-13-10-14(17(22)23)6-7-16(12)13/h1-2,5-8,10,12H,3-4,9H2,(H,22,23);1-3,6-7,9-10,12H,4-5,8H2,(H,22,23). The summed E-state index contributed by atoms with van der Waals surface area (Å²) in [6, 6.07) is 20.8. The van der Waals surface area contributed by atoms with Crippen LogP contribution in [0.3, 0.4) is 0 Å². The molecule has 0 fully saturated rings. The van der Waals surface area contributed by atoms with Crippen molar-refractivity contribution in [2.45, 2.75) is 62.7 Å². The molecule has 4 aromatic rings. The van der Waals surface area contributed by atoms with E-state index in [2.05, 4.69) is 0 Å². The van der Waals surface area contributed by atoms with Crippen LogP contribution in [-0.2, 0) is 38.0 Å². The Hall–Kier alpha value is -4.60. The molecule has 0 bridgehead atoms. The van der Waals surface area contributed by atoms with E-state index in [-0.39, 0.29) is 23.0 Å². The van der Waals surface area contributed by atoms with E-state index in [1.807, 2.05) is 6.07 Å². The molecule has 0 heterocycles. The molecule has 0 amide bonds. The molecule has 46 heavy (non-hydrogen) atoms. The number of aryl methyl sites for hydroxylation is 2. The Balaban J connectivity index is 0.000000181. The van der Waals surface area contributed by atoms with Gasteiger partial charge < -0.3 is 10.2 Å². The largest absolute Gasteiger partial charge is 0.478 e. The van der Waals surface area contributed by atoms with Crippen molar-refractivity contribution in [3.05, 3.63) is 141 Å². The molecule has 0 radical (unpaired) electrons. The molecule has 0 aliphatic heterocycles. The highest BCUT2D eigenvalue weighted by Gasteiger charge is 2.32. The zero-order valence-electron chi connectivity index (χ0n) is 24.5. The number of hydrogen-bond acceptors (Lipinski definition) is 2. The fourth-order valence-corrected chi connectivity index (χ4v) is 6.38. The second-order valence-electron chi connectivity index (χ2n) is 11.7. The summed E-state index contributed by atoms with van der Waals surface area (Å²) in [6.07, 6.45) is -4.16. The number of hydrogen-bond donors (Lipinski definition) is 2. The molecular formula is C36H30F6O4. The van der Waals surface area contributed by atoms with Crippen molar-refractivity contribution in [2.75, 3.05) is 0 Å². The average molecular weight is 641 g/mol. The molecule has 240 valence electrons. The summed E-state index contributed by atoms with van der Waals surface area (Å²) in [5.41, 5.74) is 4.94. The van der Waals surface area contributed by atoms with Gasteiger partial charge in [0.25, 0.3) is 0 Å². The highest BCUT2D eigenvalue weighted by molar-refractivity contribution is 5.88. The monoisotopic (exact) mass is 640 g/mol. The third-order valence-electron chi connectivity index (χ3n) is 8.68. The molecule has 2 aliphatic rings. The van der Waals surface area contributed by atoms with E-state index in [4.69, 9.17) is 10.2 Å². The Kier molecular flexibility index (Phi) is 9.28. The van der Waals surface area contributed by atoms with Crippen molar-refractivity contribution < 1.29 is 46.1 Å². The van der Waals surface area contributed by atoms with Gasteiger partial charge in [-0.15, -0.1) is 0 Å². The molecule has 0 saturated carbocycles. The van der Waals surface area contributed by atoms with E-state index in [1.165, 1.54) is 24.3 Å². The van der Waals surface area contributed by atoms with Crippen LogP contribution in [0.2, 0.25) is 0 Å². The quantitative estimate of drug-likeness (QED) is 0.206. The SMILES string of the molecule is O=C(O)c1ccc2c(c1)CCC2Cc1ccc(C(F)(F)F)cc1.O=C(O)c1ccc2c(c1)CCC2Cc1cccc(C(F)(F)F)c1. The summed E-state index contributed by atoms with van der Waals surface area (Å²) in [7, 11) is 0.